The fourth-order valence-corrected chi connectivity index (χ4v) is 2.82. The molecule has 2 aromatic rings. The first kappa shape index (κ1) is 14.8. The highest BCUT2D eigenvalue weighted by Gasteiger charge is 2.17. The molecule has 1 aliphatic heterocycles. The lowest BCUT2D eigenvalue weighted by Crippen LogP contribution is -2.32. The molecule has 0 spiro atoms. The van der Waals surface area contributed by atoms with Crippen molar-refractivity contribution in [3.8, 4) is 0 Å². The number of hydrogen-bond acceptors (Lipinski definition) is 2. The van der Waals surface area contributed by atoms with Crippen molar-refractivity contribution in [3.05, 3.63) is 71.3 Å². The third-order valence-corrected chi connectivity index (χ3v) is 4.01. The van der Waals surface area contributed by atoms with Crippen molar-refractivity contribution < 1.29 is 9.53 Å². The highest BCUT2D eigenvalue weighted by molar-refractivity contribution is 5.95. The summed E-state index contributed by atoms with van der Waals surface area (Å²) in [7, 11) is 0. The maximum Gasteiger partial charge on any atom is 0.251 e. The Morgan fingerprint density at radius 2 is 1.86 bits per heavy atom. The summed E-state index contributed by atoms with van der Waals surface area (Å²) in [4.78, 5) is 12.4. The summed E-state index contributed by atoms with van der Waals surface area (Å²) in [6, 6.07) is 18.0. The van der Waals surface area contributed by atoms with Gasteiger partial charge in [-0.2, -0.15) is 0 Å². The predicted molar refractivity (Wildman–Crippen MR) is 87.0 cm³/mol. The van der Waals surface area contributed by atoms with Crippen LogP contribution in [-0.4, -0.2) is 25.2 Å². The van der Waals surface area contributed by atoms with Crippen molar-refractivity contribution in [2.45, 2.75) is 25.4 Å². The molecule has 0 bridgehead atoms. The Morgan fingerprint density at radius 3 is 2.64 bits per heavy atom. The Balaban J connectivity index is 1.68. The van der Waals surface area contributed by atoms with Crippen LogP contribution >= 0.6 is 0 Å². The van der Waals surface area contributed by atoms with Gasteiger partial charge < -0.3 is 10.1 Å². The van der Waals surface area contributed by atoms with Crippen molar-refractivity contribution in [1.29, 1.82) is 0 Å². The van der Waals surface area contributed by atoms with Crippen molar-refractivity contribution in [3.63, 3.8) is 0 Å². The first-order valence-electron chi connectivity index (χ1n) is 7.84. The van der Waals surface area contributed by atoms with Crippen LogP contribution in [-0.2, 0) is 11.2 Å². The number of benzene rings is 2. The quantitative estimate of drug-likeness (QED) is 0.920. The monoisotopic (exact) mass is 295 g/mol. The minimum absolute atomic E-state index is 0.0120. The molecule has 0 saturated carbocycles. The fourth-order valence-electron chi connectivity index (χ4n) is 2.82. The molecule has 1 saturated heterocycles. The van der Waals surface area contributed by atoms with Crippen LogP contribution in [0.3, 0.4) is 0 Å². The van der Waals surface area contributed by atoms with Gasteiger partial charge >= 0.3 is 0 Å². The van der Waals surface area contributed by atoms with Gasteiger partial charge in [0.15, 0.2) is 0 Å². The molecule has 1 fully saturated rings. The summed E-state index contributed by atoms with van der Waals surface area (Å²) < 4.78 is 5.55. The zero-order valence-electron chi connectivity index (χ0n) is 12.6. The van der Waals surface area contributed by atoms with E-state index in [1.807, 2.05) is 42.5 Å². The average molecular weight is 295 g/mol. The van der Waals surface area contributed by atoms with E-state index < -0.39 is 0 Å². The first-order valence-corrected chi connectivity index (χ1v) is 7.84. The summed E-state index contributed by atoms with van der Waals surface area (Å²) in [6.07, 6.45) is 3.06. The second-order valence-corrected chi connectivity index (χ2v) is 5.66. The minimum Gasteiger partial charge on any atom is -0.376 e. The van der Waals surface area contributed by atoms with Crippen LogP contribution in [0.5, 0.6) is 0 Å². The summed E-state index contributed by atoms with van der Waals surface area (Å²) in [5.74, 6) is -0.0120. The van der Waals surface area contributed by atoms with Gasteiger partial charge in [0.05, 0.1) is 6.10 Å². The van der Waals surface area contributed by atoms with Gasteiger partial charge in [0.2, 0.25) is 0 Å². The van der Waals surface area contributed by atoms with Crippen molar-refractivity contribution in [1.82, 2.24) is 5.32 Å². The Hall–Kier alpha value is -2.13. The number of hydrogen-bond donors (Lipinski definition) is 1. The normalized spacial score (nSPS) is 17.4. The second-order valence-electron chi connectivity index (χ2n) is 5.66. The van der Waals surface area contributed by atoms with E-state index in [9.17, 15) is 4.79 Å². The van der Waals surface area contributed by atoms with Gasteiger partial charge in [0.25, 0.3) is 5.91 Å². The zero-order valence-corrected chi connectivity index (χ0v) is 12.6. The zero-order chi connectivity index (χ0) is 15.2. The molecule has 0 unspecified atom stereocenters. The predicted octanol–water partition coefficient (Wildman–Crippen LogP) is 3.19. The highest BCUT2D eigenvalue weighted by atomic mass is 16.5. The van der Waals surface area contributed by atoms with Gasteiger partial charge in [-0.05, 0) is 36.5 Å². The Morgan fingerprint density at radius 1 is 1.09 bits per heavy atom. The first-order chi connectivity index (χ1) is 10.8. The molecule has 0 aliphatic carbocycles. The standard InChI is InChI=1S/C19H21NO2/c21-19(20-14-17-10-6-12-22-17)18-11-5-4-9-16(18)13-15-7-2-1-3-8-15/h1-5,7-9,11,17H,6,10,12-14H2,(H,20,21)/t17-/m0/s1. The SMILES string of the molecule is O=C(NC[C@@H]1CCCO1)c1ccccc1Cc1ccccc1. The summed E-state index contributed by atoms with van der Waals surface area (Å²) in [6.45, 7) is 1.41. The third-order valence-electron chi connectivity index (χ3n) is 4.01. The van der Waals surface area contributed by atoms with Gasteiger partial charge in [-0.15, -0.1) is 0 Å². The molecule has 3 rings (SSSR count). The largest absolute Gasteiger partial charge is 0.376 e. The number of carbonyl (C=O) groups is 1. The molecule has 3 heteroatoms. The van der Waals surface area contributed by atoms with Crippen LogP contribution in [0.2, 0.25) is 0 Å². The lowest BCUT2D eigenvalue weighted by Gasteiger charge is -2.13. The van der Waals surface area contributed by atoms with Crippen LogP contribution < -0.4 is 5.32 Å². The van der Waals surface area contributed by atoms with E-state index in [-0.39, 0.29) is 12.0 Å². The molecular weight excluding hydrogens is 274 g/mol. The molecule has 2 aromatic carbocycles. The Bertz CT molecular complexity index is 618. The van der Waals surface area contributed by atoms with E-state index in [0.29, 0.717) is 6.54 Å². The molecule has 1 aliphatic rings. The average Bonchev–Trinajstić information content (AvgIpc) is 3.08. The van der Waals surface area contributed by atoms with Crippen LogP contribution in [0.1, 0.15) is 34.3 Å². The molecule has 0 aromatic heterocycles. The molecule has 22 heavy (non-hydrogen) atoms. The molecule has 1 amide bonds. The molecule has 114 valence electrons. The van der Waals surface area contributed by atoms with Crippen molar-refractivity contribution >= 4 is 5.91 Å². The van der Waals surface area contributed by atoms with Gasteiger partial charge in [0, 0.05) is 18.7 Å². The van der Waals surface area contributed by atoms with Gasteiger partial charge in [-0.25, -0.2) is 0 Å². The third kappa shape index (κ3) is 3.74. The number of carbonyl (C=O) groups excluding carboxylic acids is 1. The number of amides is 1. The summed E-state index contributed by atoms with van der Waals surface area (Å²) >= 11 is 0. The van der Waals surface area contributed by atoms with Crippen LogP contribution in [0.25, 0.3) is 0 Å². The maximum absolute atomic E-state index is 12.4. The van der Waals surface area contributed by atoms with E-state index in [4.69, 9.17) is 4.74 Å². The summed E-state index contributed by atoms with van der Waals surface area (Å²) in [5.41, 5.74) is 3.02. The summed E-state index contributed by atoms with van der Waals surface area (Å²) in [5, 5.41) is 3.00. The van der Waals surface area contributed by atoms with Gasteiger partial charge in [-0.1, -0.05) is 48.5 Å². The molecule has 1 heterocycles. The molecule has 0 radical (unpaired) electrons. The lowest BCUT2D eigenvalue weighted by atomic mass is 9.99. The number of nitrogens with one attached hydrogen (secondary N) is 1. The van der Waals surface area contributed by atoms with Crippen LogP contribution in [0, 0.1) is 0 Å². The van der Waals surface area contributed by atoms with Gasteiger partial charge in [0.1, 0.15) is 0 Å². The minimum atomic E-state index is -0.0120. The van der Waals surface area contributed by atoms with E-state index >= 15 is 0 Å². The van der Waals surface area contributed by atoms with Crippen LogP contribution in [0.4, 0.5) is 0 Å². The van der Waals surface area contributed by atoms with Gasteiger partial charge in [-0.3, -0.25) is 4.79 Å². The topological polar surface area (TPSA) is 38.3 Å². The van der Waals surface area contributed by atoms with Crippen molar-refractivity contribution in [2.24, 2.45) is 0 Å². The Labute approximate surface area is 131 Å². The highest BCUT2D eigenvalue weighted by Crippen LogP contribution is 2.15. The molecule has 1 atom stereocenters. The molecule has 1 N–H and O–H groups in total. The van der Waals surface area contributed by atoms with E-state index in [0.717, 1.165) is 37.0 Å². The van der Waals surface area contributed by atoms with E-state index in [1.165, 1.54) is 5.56 Å². The second kappa shape index (κ2) is 7.23. The fraction of sp³-hybridized carbons (Fsp3) is 0.316. The number of rotatable bonds is 5. The lowest BCUT2D eigenvalue weighted by molar-refractivity contribution is 0.0857. The maximum atomic E-state index is 12.4. The van der Waals surface area contributed by atoms with E-state index in [1.54, 1.807) is 0 Å². The Kier molecular flexibility index (Phi) is 4.86. The molecular formula is C19H21NO2. The van der Waals surface area contributed by atoms with Crippen LogP contribution in [0.15, 0.2) is 54.6 Å². The van der Waals surface area contributed by atoms with Crippen molar-refractivity contribution in [2.75, 3.05) is 13.2 Å². The smallest absolute Gasteiger partial charge is 0.251 e. The van der Waals surface area contributed by atoms with E-state index in [2.05, 4.69) is 17.4 Å². The molecule has 3 nitrogen and oxygen atoms in total. The number of ether oxygens (including phenoxy) is 1.